The lowest BCUT2D eigenvalue weighted by Crippen LogP contribution is -2.29. The maximum absolute atomic E-state index is 12.6. The van der Waals surface area contributed by atoms with Crippen LogP contribution < -0.4 is 0 Å². The van der Waals surface area contributed by atoms with Crippen molar-refractivity contribution in [3.8, 4) is 0 Å². The van der Waals surface area contributed by atoms with E-state index in [1.54, 1.807) is 12.2 Å². The van der Waals surface area contributed by atoms with Crippen LogP contribution in [-0.4, -0.2) is 81.6 Å². The van der Waals surface area contributed by atoms with Gasteiger partial charge in [0.2, 0.25) is 0 Å². The summed E-state index contributed by atoms with van der Waals surface area (Å²) in [5, 5.41) is 19.8. The summed E-state index contributed by atoms with van der Waals surface area (Å²) in [6.07, 6.45) is 39.3. The average molecular weight is 891 g/mol. The molecule has 0 heterocycles. The minimum atomic E-state index is -4.88. The Morgan fingerprint density at radius 2 is 1.12 bits per heavy atom. The quantitative estimate of drug-likeness (QED) is 0.0127. The Bertz CT molecular complexity index is 1350. The average Bonchev–Trinajstić information content (AvgIpc) is 3.20. The lowest BCUT2D eigenvalue weighted by atomic mass is 10.1. The lowest BCUT2D eigenvalue weighted by Gasteiger charge is -2.20. The fourth-order valence-corrected chi connectivity index (χ4v) is 6.50. The van der Waals surface area contributed by atoms with E-state index in [0.717, 1.165) is 51.4 Å². The number of hydrogen-bond donors (Lipinski definition) is 5. The van der Waals surface area contributed by atoms with Gasteiger partial charge in [0.05, 0.1) is 25.9 Å². The molecule has 2 unspecified atom stereocenters. The predicted octanol–water partition coefficient (Wildman–Crippen LogP) is 9.98. The van der Waals surface area contributed by atoms with Crippen molar-refractivity contribution in [2.24, 2.45) is 0 Å². The van der Waals surface area contributed by atoms with Crippen molar-refractivity contribution >= 4 is 27.6 Å². The zero-order valence-electron chi connectivity index (χ0n) is 36.1. The number of aliphatic hydroxyl groups excluding tert-OH is 2. The number of carbonyl (C=O) groups is 2. The van der Waals surface area contributed by atoms with E-state index in [2.05, 4.69) is 47.2 Å². The molecule has 5 N–H and O–H groups in total. The second-order valence-electron chi connectivity index (χ2n) is 14.4. The van der Waals surface area contributed by atoms with Gasteiger partial charge in [-0.1, -0.05) is 138 Å². The Balaban J connectivity index is 4.71. The van der Waals surface area contributed by atoms with E-state index >= 15 is 0 Å². The molecule has 0 rings (SSSR count). The summed E-state index contributed by atoms with van der Waals surface area (Å²) in [4.78, 5) is 52.7. The first-order valence-electron chi connectivity index (χ1n) is 21.7. The molecule has 0 amide bonds. The molecule has 0 aromatic carbocycles. The van der Waals surface area contributed by atoms with Gasteiger partial charge in [-0.15, -0.1) is 0 Å². The van der Waals surface area contributed by atoms with Gasteiger partial charge in [0.1, 0.15) is 12.7 Å². The van der Waals surface area contributed by atoms with Crippen LogP contribution in [0.3, 0.4) is 0 Å². The van der Waals surface area contributed by atoms with Gasteiger partial charge in [-0.3, -0.25) is 23.2 Å². The highest BCUT2D eigenvalue weighted by atomic mass is 31.2. The Morgan fingerprint density at radius 3 is 1.80 bits per heavy atom. The van der Waals surface area contributed by atoms with Crippen molar-refractivity contribution in [3.63, 3.8) is 0 Å². The van der Waals surface area contributed by atoms with Crippen LogP contribution in [0.15, 0.2) is 72.9 Å². The maximum Gasteiger partial charge on any atom is 0.472 e. The van der Waals surface area contributed by atoms with Crippen LogP contribution in [0.25, 0.3) is 0 Å². The van der Waals surface area contributed by atoms with Crippen LogP contribution in [-0.2, 0) is 41.8 Å². The molecule has 0 fully saturated rings. The summed E-state index contributed by atoms with van der Waals surface area (Å²) in [6.45, 7) is 1.46. The van der Waals surface area contributed by atoms with E-state index in [0.29, 0.717) is 32.1 Å². The van der Waals surface area contributed by atoms with E-state index in [1.807, 2.05) is 36.5 Å². The number of esters is 2. The molecule has 0 saturated heterocycles. The van der Waals surface area contributed by atoms with Gasteiger partial charge in [-0.2, -0.15) is 0 Å². The molecule has 60 heavy (non-hydrogen) atoms. The zero-order chi connectivity index (χ0) is 44.6. The van der Waals surface area contributed by atoms with Crippen molar-refractivity contribution < 1.29 is 66.7 Å². The minimum Gasteiger partial charge on any atom is -0.462 e. The standard InChI is InChI=1S/C44H76O14P2/c1-3-5-7-9-11-12-13-14-15-16-17-18-22-26-30-34-43(47)54-38-42(39-57-60(52,53)56-37-41(46)36-55-59(49,50)51)58-44(48)35-31-27-23-20-19-21-25-29-33-40(45)32-28-24-10-8-6-4-2/h6,8,14-15,20-21,23-25,28-29,33,40-42,45-46H,3-5,7,9-13,16-19,22,26-27,30-32,34-39H2,1-2H3,(H,52,53)(H2,49,50,51)/b8-6-,15-14-,23-20-,25-21-,28-24-,33-29+/t40?,41-,42+/m0/s1. The molecule has 0 spiro atoms. The molecule has 0 aliphatic carbocycles. The molecule has 0 radical (unpaired) electrons. The molecule has 346 valence electrons. The number of aliphatic hydroxyl groups is 2. The van der Waals surface area contributed by atoms with Crippen molar-refractivity contribution in [1.82, 2.24) is 0 Å². The van der Waals surface area contributed by atoms with Crippen LogP contribution in [0.2, 0.25) is 0 Å². The van der Waals surface area contributed by atoms with Crippen molar-refractivity contribution in [2.45, 2.75) is 167 Å². The highest BCUT2D eigenvalue weighted by Gasteiger charge is 2.28. The third kappa shape index (κ3) is 42.2. The van der Waals surface area contributed by atoms with Gasteiger partial charge >= 0.3 is 27.6 Å². The topological polar surface area (TPSA) is 216 Å². The Morgan fingerprint density at radius 1 is 0.567 bits per heavy atom. The number of allylic oxidation sites excluding steroid dienone is 10. The predicted molar refractivity (Wildman–Crippen MR) is 236 cm³/mol. The summed E-state index contributed by atoms with van der Waals surface area (Å²) in [7, 11) is -9.72. The van der Waals surface area contributed by atoms with Crippen molar-refractivity contribution in [3.05, 3.63) is 72.9 Å². The molecule has 0 aromatic rings. The number of rotatable bonds is 40. The summed E-state index contributed by atoms with van der Waals surface area (Å²) < 4.78 is 47.6. The van der Waals surface area contributed by atoms with Gasteiger partial charge in [0.15, 0.2) is 6.10 Å². The van der Waals surface area contributed by atoms with Gasteiger partial charge in [0.25, 0.3) is 0 Å². The van der Waals surface area contributed by atoms with Gasteiger partial charge in [-0.05, 0) is 70.6 Å². The van der Waals surface area contributed by atoms with Crippen LogP contribution in [0.4, 0.5) is 0 Å². The minimum absolute atomic E-state index is 0.0164. The number of phosphoric ester groups is 2. The highest BCUT2D eigenvalue weighted by Crippen LogP contribution is 2.43. The number of phosphoric acid groups is 2. The smallest absolute Gasteiger partial charge is 0.462 e. The number of carbonyl (C=O) groups excluding carboxylic acids is 2. The Labute approximate surface area is 359 Å². The maximum atomic E-state index is 12.6. The largest absolute Gasteiger partial charge is 0.472 e. The van der Waals surface area contributed by atoms with Crippen molar-refractivity contribution in [2.75, 3.05) is 26.4 Å². The summed E-state index contributed by atoms with van der Waals surface area (Å²) in [5.41, 5.74) is 0. The summed E-state index contributed by atoms with van der Waals surface area (Å²) in [6, 6.07) is 0. The first-order valence-corrected chi connectivity index (χ1v) is 24.8. The van der Waals surface area contributed by atoms with E-state index in [9.17, 15) is 33.8 Å². The van der Waals surface area contributed by atoms with Crippen LogP contribution in [0, 0.1) is 0 Å². The molecular weight excluding hydrogens is 814 g/mol. The molecule has 0 saturated carbocycles. The molecule has 0 bridgehead atoms. The molecule has 0 aromatic heterocycles. The zero-order valence-corrected chi connectivity index (χ0v) is 37.9. The van der Waals surface area contributed by atoms with Gasteiger partial charge in [0, 0.05) is 12.8 Å². The number of unbranched alkanes of at least 4 members (excludes halogenated alkanes) is 12. The molecule has 14 nitrogen and oxygen atoms in total. The first-order chi connectivity index (χ1) is 28.8. The molecular formula is C44H76O14P2. The number of ether oxygens (including phenoxy) is 2. The van der Waals surface area contributed by atoms with E-state index in [-0.39, 0.29) is 12.8 Å². The van der Waals surface area contributed by atoms with Crippen LogP contribution >= 0.6 is 15.6 Å². The molecule has 4 atom stereocenters. The molecule has 0 aliphatic rings. The van der Waals surface area contributed by atoms with Gasteiger partial charge < -0.3 is 34.4 Å². The monoisotopic (exact) mass is 890 g/mol. The third-order valence-electron chi connectivity index (χ3n) is 8.65. The van der Waals surface area contributed by atoms with Crippen LogP contribution in [0.1, 0.15) is 149 Å². The SMILES string of the molecule is CC/C=C\C/C=C\CC(O)/C=C/C=C\C/C=C\CCCC(=O)O[C@H](COC(=O)CCCCCCC/C=C\CCCCCCCC)COP(=O)(O)OC[C@@H](O)COP(=O)(O)O. The lowest BCUT2D eigenvalue weighted by molar-refractivity contribution is -0.161. The second-order valence-corrected chi connectivity index (χ2v) is 17.1. The van der Waals surface area contributed by atoms with Gasteiger partial charge in [-0.25, -0.2) is 9.13 Å². The Kier molecular flexibility index (Phi) is 37.7. The second kappa shape index (κ2) is 39.4. The fourth-order valence-electron chi connectivity index (χ4n) is 5.34. The fraction of sp³-hybridized carbons (Fsp3) is 0.682. The van der Waals surface area contributed by atoms with Crippen molar-refractivity contribution in [1.29, 1.82) is 0 Å². The summed E-state index contributed by atoms with van der Waals surface area (Å²) in [5.74, 6) is -1.15. The van der Waals surface area contributed by atoms with E-state index in [1.165, 1.54) is 38.5 Å². The highest BCUT2D eigenvalue weighted by molar-refractivity contribution is 7.47. The van der Waals surface area contributed by atoms with E-state index < -0.39 is 72.3 Å². The first kappa shape index (κ1) is 57.5. The third-order valence-corrected chi connectivity index (χ3v) is 10.1. The normalized spacial score (nSPS) is 15.2. The van der Waals surface area contributed by atoms with E-state index in [4.69, 9.17) is 23.8 Å². The Hall–Kier alpha value is -2.48. The number of hydrogen-bond acceptors (Lipinski definition) is 11. The molecule has 0 aliphatic heterocycles. The molecule has 16 heteroatoms. The van der Waals surface area contributed by atoms with Crippen LogP contribution in [0.5, 0.6) is 0 Å². The summed E-state index contributed by atoms with van der Waals surface area (Å²) >= 11 is 0.